The van der Waals surface area contributed by atoms with Crippen LogP contribution in [0.1, 0.15) is 23.2 Å². The molecule has 2 rings (SSSR count). The number of nitrogens with zero attached hydrogens (tertiary/aromatic N) is 1. The van der Waals surface area contributed by atoms with E-state index in [0.717, 1.165) is 36.0 Å². The molecule has 17 heavy (non-hydrogen) atoms. The molecule has 1 heterocycles. The van der Waals surface area contributed by atoms with Gasteiger partial charge in [-0.15, -0.1) is 0 Å². The molecule has 1 saturated heterocycles. The Hall–Kier alpha value is -0.870. The molecule has 1 aliphatic rings. The molecule has 0 aliphatic carbocycles. The highest BCUT2D eigenvalue weighted by Gasteiger charge is 2.23. The molecule has 1 atom stereocenters. The molecule has 1 N–H and O–H groups in total. The van der Waals surface area contributed by atoms with Gasteiger partial charge in [0.1, 0.15) is 0 Å². The van der Waals surface area contributed by atoms with Crippen molar-refractivity contribution in [3.63, 3.8) is 0 Å². The predicted octanol–water partition coefficient (Wildman–Crippen LogP) is 2.27. The lowest BCUT2D eigenvalue weighted by atomic mass is 10.1. The van der Waals surface area contributed by atoms with Crippen molar-refractivity contribution in [3.8, 4) is 0 Å². The number of hydrogen-bond acceptors (Lipinski definition) is 2. The van der Waals surface area contributed by atoms with E-state index >= 15 is 0 Å². The lowest BCUT2D eigenvalue weighted by Crippen LogP contribution is -2.46. The van der Waals surface area contributed by atoms with Gasteiger partial charge in [-0.1, -0.05) is 12.1 Å². The molecule has 0 saturated carbocycles. The number of rotatable bonds is 2. The monoisotopic (exact) mass is 296 g/mol. The van der Waals surface area contributed by atoms with Crippen LogP contribution in [0.2, 0.25) is 0 Å². The van der Waals surface area contributed by atoms with E-state index in [2.05, 4.69) is 21.2 Å². The van der Waals surface area contributed by atoms with Gasteiger partial charge in [0.2, 0.25) is 0 Å². The van der Waals surface area contributed by atoms with Crippen LogP contribution < -0.4 is 5.32 Å². The van der Waals surface area contributed by atoms with E-state index in [1.54, 1.807) is 0 Å². The third-order valence-electron chi connectivity index (χ3n) is 3.24. The summed E-state index contributed by atoms with van der Waals surface area (Å²) in [6.45, 7) is 1.96. The largest absolute Gasteiger partial charge is 0.337 e. The van der Waals surface area contributed by atoms with Crippen LogP contribution in [0.4, 0.5) is 0 Å². The summed E-state index contributed by atoms with van der Waals surface area (Å²) in [5.41, 5.74) is 0.737. The molecule has 0 bridgehead atoms. The number of piperidine rings is 1. The van der Waals surface area contributed by atoms with E-state index in [-0.39, 0.29) is 5.91 Å². The van der Waals surface area contributed by atoms with Crippen LogP contribution in [0.15, 0.2) is 28.7 Å². The van der Waals surface area contributed by atoms with E-state index in [0.29, 0.717) is 6.04 Å². The Labute approximate surface area is 110 Å². The molecule has 1 amide bonds. The quantitative estimate of drug-likeness (QED) is 0.908. The minimum absolute atomic E-state index is 0.0891. The first-order valence-electron chi connectivity index (χ1n) is 5.92. The molecular weight excluding hydrogens is 280 g/mol. The zero-order valence-electron chi connectivity index (χ0n) is 9.95. The molecule has 1 fully saturated rings. The van der Waals surface area contributed by atoms with Crippen LogP contribution in [0.3, 0.4) is 0 Å². The molecule has 0 spiro atoms. The van der Waals surface area contributed by atoms with Crippen molar-refractivity contribution in [1.29, 1.82) is 0 Å². The first kappa shape index (κ1) is 12.6. The van der Waals surface area contributed by atoms with Crippen molar-refractivity contribution in [2.45, 2.75) is 18.9 Å². The fraction of sp³-hybridized carbons (Fsp3) is 0.462. The molecule has 92 valence electrons. The van der Waals surface area contributed by atoms with Gasteiger partial charge >= 0.3 is 0 Å². The van der Waals surface area contributed by atoms with Gasteiger partial charge in [-0.05, 0) is 47.4 Å². The predicted molar refractivity (Wildman–Crippen MR) is 72.1 cm³/mol. The minimum Gasteiger partial charge on any atom is -0.337 e. The van der Waals surface area contributed by atoms with Gasteiger partial charge in [0.05, 0.1) is 5.56 Å². The molecule has 0 aromatic heterocycles. The second kappa shape index (κ2) is 5.65. The minimum atomic E-state index is 0.0891. The maximum Gasteiger partial charge on any atom is 0.255 e. The van der Waals surface area contributed by atoms with Gasteiger partial charge in [0, 0.05) is 24.1 Å². The second-order valence-electron chi connectivity index (χ2n) is 4.40. The first-order chi connectivity index (χ1) is 8.20. The summed E-state index contributed by atoms with van der Waals surface area (Å²) < 4.78 is 0.862. The summed E-state index contributed by atoms with van der Waals surface area (Å²) in [6, 6.07) is 7.89. The normalized spacial score (nSPS) is 20.0. The molecule has 1 aromatic carbocycles. The Morgan fingerprint density at radius 1 is 1.47 bits per heavy atom. The lowest BCUT2D eigenvalue weighted by Gasteiger charge is -2.32. The Morgan fingerprint density at radius 2 is 2.24 bits per heavy atom. The van der Waals surface area contributed by atoms with Crippen molar-refractivity contribution in [2.24, 2.45) is 0 Å². The molecule has 1 aromatic rings. The number of amides is 1. The number of halogens is 1. The standard InChI is InChI=1S/C13H17BrN2O/c1-16(10-5-4-8-15-9-10)13(17)11-6-2-3-7-12(11)14/h2-3,6-7,10,15H,4-5,8-9H2,1H3/t10-/m1/s1. The number of carbonyl (C=O) groups is 1. The summed E-state index contributed by atoms with van der Waals surface area (Å²) in [7, 11) is 1.89. The summed E-state index contributed by atoms with van der Waals surface area (Å²) in [5, 5.41) is 3.33. The third kappa shape index (κ3) is 2.87. The number of benzene rings is 1. The van der Waals surface area contributed by atoms with Crippen LogP contribution in [-0.4, -0.2) is 37.0 Å². The molecular formula is C13H17BrN2O. The highest BCUT2D eigenvalue weighted by molar-refractivity contribution is 9.10. The van der Waals surface area contributed by atoms with Crippen molar-refractivity contribution < 1.29 is 4.79 Å². The van der Waals surface area contributed by atoms with E-state index in [9.17, 15) is 4.79 Å². The van der Waals surface area contributed by atoms with Gasteiger partial charge in [-0.2, -0.15) is 0 Å². The van der Waals surface area contributed by atoms with Crippen molar-refractivity contribution in [3.05, 3.63) is 34.3 Å². The smallest absolute Gasteiger partial charge is 0.255 e. The number of likely N-dealkylation sites (N-methyl/N-ethyl adjacent to an activating group) is 1. The summed E-state index contributed by atoms with van der Waals surface area (Å²) >= 11 is 3.43. The average Bonchev–Trinajstić information content (AvgIpc) is 2.39. The average molecular weight is 297 g/mol. The first-order valence-corrected chi connectivity index (χ1v) is 6.72. The Morgan fingerprint density at radius 3 is 2.88 bits per heavy atom. The topological polar surface area (TPSA) is 32.3 Å². The fourth-order valence-corrected chi connectivity index (χ4v) is 2.61. The zero-order chi connectivity index (χ0) is 12.3. The van der Waals surface area contributed by atoms with Gasteiger partial charge in [-0.3, -0.25) is 4.79 Å². The number of carbonyl (C=O) groups excluding carboxylic acids is 1. The maximum atomic E-state index is 12.3. The zero-order valence-corrected chi connectivity index (χ0v) is 11.5. The molecule has 0 unspecified atom stereocenters. The van der Waals surface area contributed by atoms with Crippen LogP contribution in [0, 0.1) is 0 Å². The second-order valence-corrected chi connectivity index (χ2v) is 5.25. The molecule has 1 aliphatic heterocycles. The number of nitrogens with one attached hydrogen (secondary N) is 1. The van der Waals surface area contributed by atoms with Gasteiger partial charge in [0.25, 0.3) is 5.91 Å². The Balaban J connectivity index is 2.11. The SMILES string of the molecule is CN(C(=O)c1ccccc1Br)[C@@H]1CCCNC1. The van der Waals surface area contributed by atoms with Gasteiger partial charge in [0.15, 0.2) is 0 Å². The highest BCUT2D eigenvalue weighted by Crippen LogP contribution is 2.19. The highest BCUT2D eigenvalue weighted by atomic mass is 79.9. The lowest BCUT2D eigenvalue weighted by molar-refractivity contribution is 0.0707. The molecule has 3 nitrogen and oxygen atoms in total. The van der Waals surface area contributed by atoms with E-state index in [1.165, 1.54) is 0 Å². The molecule has 4 heteroatoms. The van der Waals surface area contributed by atoms with Crippen LogP contribution in [0.5, 0.6) is 0 Å². The van der Waals surface area contributed by atoms with E-state index in [1.807, 2.05) is 36.2 Å². The van der Waals surface area contributed by atoms with Crippen molar-refractivity contribution >= 4 is 21.8 Å². The Kier molecular flexibility index (Phi) is 4.18. The summed E-state index contributed by atoms with van der Waals surface area (Å²) in [4.78, 5) is 14.2. The van der Waals surface area contributed by atoms with E-state index < -0.39 is 0 Å². The van der Waals surface area contributed by atoms with Gasteiger partial charge < -0.3 is 10.2 Å². The fourth-order valence-electron chi connectivity index (χ4n) is 2.15. The van der Waals surface area contributed by atoms with Crippen LogP contribution in [0.25, 0.3) is 0 Å². The summed E-state index contributed by atoms with van der Waals surface area (Å²) in [6.07, 6.45) is 2.22. The van der Waals surface area contributed by atoms with E-state index in [4.69, 9.17) is 0 Å². The molecule has 0 radical (unpaired) electrons. The van der Waals surface area contributed by atoms with Gasteiger partial charge in [-0.25, -0.2) is 0 Å². The van der Waals surface area contributed by atoms with Crippen molar-refractivity contribution in [2.75, 3.05) is 20.1 Å². The van der Waals surface area contributed by atoms with Crippen molar-refractivity contribution in [1.82, 2.24) is 10.2 Å². The third-order valence-corrected chi connectivity index (χ3v) is 3.93. The number of hydrogen-bond donors (Lipinski definition) is 1. The maximum absolute atomic E-state index is 12.3. The summed E-state index contributed by atoms with van der Waals surface area (Å²) in [5.74, 6) is 0.0891. The van der Waals surface area contributed by atoms with Crippen LogP contribution in [-0.2, 0) is 0 Å². The van der Waals surface area contributed by atoms with Crippen LogP contribution >= 0.6 is 15.9 Å². The Bertz CT molecular complexity index is 402.